The number of carbonyl (C=O) groups is 1. The van der Waals surface area contributed by atoms with E-state index in [1.54, 1.807) is 12.4 Å². The molecule has 3 aliphatic rings. The van der Waals surface area contributed by atoms with E-state index in [-0.39, 0.29) is 24.2 Å². The molecule has 1 aromatic rings. The van der Waals surface area contributed by atoms with Crippen molar-refractivity contribution in [2.45, 2.75) is 50.4 Å². The van der Waals surface area contributed by atoms with Crippen molar-refractivity contribution in [1.82, 2.24) is 14.9 Å². The molecule has 0 radical (unpaired) electrons. The molecule has 6 nitrogen and oxygen atoms in total. The Balaban J connectivity index is 1.31. The number of carbonyl (C=O) groups excluding carboxylic acids is 1. The van der Waals surface area contributed by atoms with E-state index in [9.17, 15) is 4.79 Å². The Labute approximate surface area is 136 Å². The van der Waals surface area contributed by atoms with Crippen molar-refractivity contribution in [2.24, 2.45) is 5.92 Å². The Bertz CT molecular complexity index is 549. The van der Waals surface area contributed by atoms with Crippen LogP contribution in [0.15, 0.2) is 18.6 Å². The molecular formula is C17H23N3O3. The van der Waals surface area contributed by atoms with Crippen LogP contribution in [0.2, 0.25) is 0 Å². The predicted octanol–water partition coefficient (Wildman–Crippen LogP) is 1.67. The van der Waals surface area contributed by atoms with Crippen molar-refractivity contribution < 1.29 is 14.3 Å². The van der Waals surface area contributed by atoms with Crippen LogP contribution in [0.5, 0.6) is 0 Å². The summed E-state index contributed by atoms with van der Waals surface area (Å²) < 4.78 is 11.9. The van der Waals surface area contributed by atoms with E-state index in [1.165, 1.54) is 19.0 Å². The van der Waals surface area contributed by atoms with E-state index >= 15 is 0 Å². The van der Waals surface area contributed by atoms with Crippen molar-refractivity contribution in [3.8, 4) is 0 Å². The fourth-order valence-corrected chi connectivity index (χ4v) is 3.58. The fraction of sp³-hybridized carbons (Fsp3) is 0.706. The van der Waals surface area contributed by atoms with Gasteiger partial charge in [0.2, 0.25) is 0 Å². The molecule has 2 aliphatic heterocycles. The van der Waals surface area contributed by atoms with Gasteiger partial charge in [0.1, 0.15) is 5.69 Å². The fourth-order valence-electron chi connectivity index (χ4n) is 3.58. The predicted molar refractivity (Wildman–Crippen MR) is 82.9 cm³/mol. The van der Waals surface area contributed by atoms with Crippen LogP contribution < -0.4 is 0 Å². The lowest BCUT2D eigenvalue weighted by Crippen LogP contribution is -2.46. The lowest BCUT2D eigenvalue weighted by molar-refractivity contribution is -0.0973. The van der Waals surface area contributed by atoms with Gasteiger partial charge < -0.3 is 14.4 Å². The van der Waals surface area contributed by atoms with Crippen LogP contribution in [0.25, 0.3) is 0 Å². The van der Waals surface area contributed by atoms with Gasteiger partial charge in [-0.15, -0.1) is 0 Å². The van der Waals surface area contributed by atoms with Gasteiger partial charge in [0.25, 0.3) is 5.91 Å². The summed E-state index contributed by atoms with van der Waals surface area (Å²) in [5.41, 5.74) is 0.419. The normalized spacial score (nSPS) is 30.3. The Morgan fingerprint density at radius 1 is 1.22 bits per heavy atom. The summed E-state index contributed by atoms with van der Waals surface area (Å²) in [5.74, 6) is 0.760. The third-order valence-corrected chi connectivity index (χ3v) is 5.03. The van der Waals surface area contributed by atoms with Crippen LogP contribution >= 0.6 is 0 Å². The molecule has 3 fully saturated rings. The van der Waals surface area contributed by atoms with Crippen molar-refractivity contribution >= 4 is 5.91 Å². The highest BCUT2D eigenvalue weighted by Gasteiger charge is 2.42. The topological polar surface area (TPSA) is 64.6 Å². The molecule has 1 aliphatic carbocycles. The molecule has 0 bridgehead atoms. The molecule has 4 rings (SSSR count). The molecule has 3 atom stereocenters. The van der Waals surface area contributed by atoms with Crippen LogP contribution in [0, 0.1) is 5.92 Å². The van der Waals surface area contributed by atoms with Crippen LogP contribution in [0.1, 0.15) is 42.6 Å². The first-order valence-electron chi connectivity index (χ1n) is 8.61. The summed E-state index contributed by atoms with van der Waals surface area (Å²) in [6, 6.07) is 0.171. The Morgan fingerprint density at radius 2 is 2.13 bits per heavy atom. The standard InChI is InChI=1S/C17H23N3O3/c21-17(14-9-18-6-7-19-14)20-8-5-16-15(20)4-3-13(23-16)11-22-10-12-1-2-12/h6-7,9,12-13,15-16H,1-5,8,10-11H2/t13-,15+,16+/m1/s1. The van der Waals surface area contributed by atoms with Gasteiger partial charge in [-0.05, 0) is 38.0 Å². The minimum Gasteiger partial charge on any atom is -0.378 e. The summed E-state index contributed by atoms with van der Waals surface area (Å²) >= 11 is 0. The van der Waals surface area contributed by atoms with Crippen LogP contribution in [-0.2, 0) is 9.47 Å². The monoisotopic (exact) mass is 317 g/mol. The summed E-state index contributed by atoms with van der Waals surface area (Å²) in [7, 11) is 0. The van der Waals surface area contributed by atoms with Gasteiger partial charge in [0.15, 0.2) is 0 Å². The molecular weight excluding hydrogens is 294 g/mol. The zero-order valence-electron chi connectivity index (χ0n) is 13.3. The molecule has 1 amide bonds. The first-order valence-corrected chi connectivity index (χ1v) is 8.61. The zero-order chi connectivity index (χ0) is 15.6. The van der Waals surface area contributed by atoms with E-state index in [4.69, 9.17) is 9.47 Å². The third kappa shape index (κ3) is 3.38. The largest absolute Gasteiger partial charge is 0.378 e. The van der Waals surface area contributed by atoms with E-state index in [0.717, 1.165) is 38.3 Å². The van der Waals surface area contributed by atoms with Crippen LogP contribution in [-0.4, -0.2) is 58.8 Å². The first-order chi connectivity index (χ1) is 11.3. The van der Waals surface area contributed by atoms with Crippen molar-refractivity contribution in [1.29, 1.82) is 0 Å². The quantitative estimate of drug-likeness (QED) is 0.826. The molecule has 2 saturated heterocycles. The summed E-state index contributed by atoms with van der Waals surface area (Å²) in [5, 5.41) is 0. The maximum atomic E-state index is 12.6. The Morgan fingerprint density at radius 3 is 2.91 bits per heavy atom. The maximum Gasteiger partial charge on any atom is 0.274 e. The first kappa shape index (κ1) is 15.0. The van der Waals surface area contributed by atoms with Crippen molar-refractivity contribution in [3.05, 3.63) is 24.3 Å². The number of nitrogens with zero attached hydrogens (tertiary/aromatic N) is 3. The highest BCUT2D eigenvalue weighted by atomic mass is 16.5. The van der Waals surface area contributed by atoms with Gasteiger partial charge in [-0.2, -0.15) is 0 Å². The number of hydrogen-bond acceptors (Lipinski definition) is 5. The average Bonchev–Trinajstić information content (AvgIpc) is 3.32. The minimum absolute atomic E-state index is 0.0300. The molecule has 1 saturated carbocycles. The second kappa shape index (κ2) is 6.53. The number of rotatable bonds is 5. The minimum atomic E-state index is -0.0300. The smallest absolute Gasteiger partial charge is 0.274 e. The van der Waals surface area contributed by atoms with Crippen molar-refractivity contribution in [3.63, 3.8) is 0 Å². The van der Waals surface area contributed by atoms with Gasteiger partial charge in [-0.1, -0.05) is 0 Å². The highest BCUT2D eigenvalue weighted by Crippen LogP contribution is 2.33. The maximum absolute atomic E-state index is 12.6. The van der Waals surface area contributed by atoms with Crippen LogP contribution in [0.3, 0.4) is 0 Å². The van der Waals surface area contributed by atoms with Crippen molar-refractivity contribution in [2.75, 3.05) is 19.8 Å². The van der Waals surface area contributed by atoms with E-state index < -0.39 is 0 Å². The number of fused-ring (bicyclic) bond motifs is 1. The molecule has 0 N–H and O–H groups in total. The SMILES string of the molecule is O=C(c1cnccn1)N1CC[C@@H]2O[C@@H](COCC3CC3)CC[C@@H]21. The summed E-state index contributed by atoms with van der Waals surface area (Å²) in [4.78, 5) is 22.6. The number of ether oxygens (including phenoxy) is 2. The van der Waals surface area contributed by atoms with E-state index in [0.29, 0.717) is 12.3 Å². The number of likely N-dealkylation sites (tertiary alicyclic amines) is 1. The Kier molecular flexibility index (Phi) is 4.27. The molecule has 23 heavy (non-hydrogen) atoms. The second-order valence-electron chi connectivity index (χ2n) is 6.80. The lowest BCUT2D eigenvalue weighted by atomic mass is 9.99. The molecule has 0 aromatic carbocycles. The number of hydrogen-bond donors (Lipinski definition) is 0. The Hall–Kier alpha value is -1.53. The molecule has 124 valence electrons. The molecule has 0 unspecified atom stereocenters. The van der Waals surface area contributed by atoms with Crippen LogP contribution in [0.4, 0.5) is 0 Å². The number of amides is 1. The summed E-state index contributed by atoms with van der Waals surface area (Å²) in [6.45, 7) is 2.31. The highest BCUT2D eigenvalue weighted by molar-refractivity contribution is 5.92. The van der Waals surface area contributed by atoms with Gasteiger partial charge in [-0.3, -0.25) is 9.78 Å². The lowest BCUT2D eigenvalue weighted by Gasteiger charge is -2.35. The van der Waals surface area contributed by atoms with Gasteiger partial charge in [0.05, 0.1) is 31.1 Å². The van der Waals surface area contributed by atoms with E-state index in [2.05, 4.69) is 9.97 Å². The van der Waals surface area contributed by atoms with Gasteiger partial charge >= 0.3 is 0 Å². The average molecular weight is 317 g/mol. The van der Waals surface area contributed by atoms with Gasteiger partial charge in [0, 0.05) is 25.5 Å². The van der Waals surface area contributed by atoms with Gasteiger partial charge in [-0.25, -0.2) is 4.98 Å². The molecule has 3 heterocycles. The molecule has 0 spiro atoms. The summed E-state index contributed by atoms with van der Waals surface area (Å²) in [6.07, 6.45) is 10.5. The molecule has 6 heteroatoms. The second-order valence-corrected chi connectivity index (χ2v) is 6.80. The molecule has 1 aromatic heterocycles. The number of aromatic nitrogens is 2. The van der Waals surface area contributed by atoms with E-state index in [1.807, 2.05) is 4.90 Å². The third-order valence-electron chi connectivity index (χ3n) is 5.03. The zero-order valence-corrected chi connectivity index (χ0v) is 13.3.